The van der Waals surface area contributed by atoms with Crippen molar-refractivity contribution in [2.75, 3.05) is 5.75 Å². The van der Waals surface area contributed by atoms with Crippen LogP contribution in [0.3, 0.4) is 0 Å². The Bertz CT molecular complexity index is 205. The molecule has 1 rings (SSSR count). The van der Waals surface area contributed by atoms with Gasteiger partial charge in [0.05, 0.1) is 5.25 Å². The number of rotatable bonds is 3. The molecule has 0 spiro atoms. The highest BCUT2D eigenvalue weighted by atomic mass is 32.2. The van der Waals surface area contributed by atoms with Crippen molar-refractivity contribution in [2.24, 2.45) is 5.92 Å². The summed E-state index contributed by atoms with van der Waals surface area (Å²) in [5.41, 5.74) is 0. The highest BCUT2D eigenvalue weighted by Crippen LogP contribution is 2.37. The van der Waals surface area contributed by atoms with Crippen LogP contribution in [0.4, 0.5) is 0 Å². The molecule has 0 amide bonds. The van der Waals surface area contributed by atoms with Gasteiger partial charge in [-0.05, 0) is 6.42 Å². The summed E-state index contributed by atoms with van der Waals surface area (Å²) in [5.74, 6) is 1.72. The van der Waals surface area contributed by atoms with Gasteiger partial charge in [0.1, 0.15) is 5.78 Å². The van der Waals surface area contributed by atoms with Crippen LogP contribution in [0, 0.1) is 5.92 Å². The Morgan fingerprint density at radius 2 is 2.07 bits per heavy atom. The van der Waals surface area contributed by atoms with E-state index in [-0.39, 0.29) is 11.2 Å². The van der Waals surface area contributed by atoms with Crippen molar-refractivity contribution in [3.63, 3.8) is 0 Å². The minimum Gasteiger partial charge on any atom is -0.298 e. The number of Topliss-reactive ketones (excluding diaryl/α,β-unsaturated/α-hetero) is 1. The van der Waals surface area contributed by atoms with E-state index in [1.165, 1.54) is 0 Å². The van der Waals surface area contributed by atoms with Gasteiger partial charge in [-0.1, -0.05) is 27.7 Å². The van der Waals surface area contributed by atoms with E-state index in [2.05, 4.69) is 27.7 Å². The molecule has 14 heavy (non-hydrogen) atoms. The Morgan fingerprint density at radius 3 is 2.57 bits per heavy atom. The molecule has 82 valence electrons. The molecule has 0 radical (unpaired) electrons. The Balaban J connectivity index is 2.50. The van der Waals surface area contributed by atoms with Crippen LogP contribution in [0.1, 0.15) is 34.1 Å². The van der Waals surface area contributed by atoms with Crippen molar-refractivity contribution >= 4 is 29.3 Å². The highest BCUT2D eigenvalue weighted by Gasteiger charge is 2.31. The van der Waals surface area contributed by atoms with E-state index in [9.17, 15) is 4.79 Å². The summed E-state index contributed by atoms with van der Waals surface area (Å²) < 4.78 is 0. The average Bonchev–Trinajstić information content (AvgIpc) is 2.20. The Labute approximate surface area is 95.8 Å². The zero-order valence-corrected chi connectivity index (χ0v) is 11.1. The molecule has 0 saturated carbocycles. The zero-order valence-electron chi connectivity index (χ0n) is 9.45. The molecule has 1 fully saturated rings. The largest absolute Gasteiger partial charge is 0.298 e. The number of carbonyl (C=O) groups is 1. The SMILES string of the molecule is CCC(C)C(=O)C1CSC(C)C(C)S1. The van der Waals surface area contributed by atoms with Crippen molar-refractivity contribution < 1.29 is 4.79 Å². The molecule has 1 saturated heterocycles. The number of hydrogen-bond acceptors (Lipinski definition) is 3. The smallest absolute Gasteiger partial charge is 0.149 e. The van der Waals surface area contributed by atoms with E-state index < -0.39 is 0 Å². The molecular weight excluding hydrogens is 212 g/mol. The standard InChI is InChI=1S/C11H20OS2/c1-5-7(2)11(12)10-6-13-8(3)9(4)14-10/h7-10H,5-6H2,1-4H3. The van der Waals surface area contributed by atoms with Gasteiger partial charge in [0.2, 0.25) is 0 Å². The lowest BCUT2D eigenvalue weighted by atomic mass is 10.0. The molecule has 0 aromatic heterocycles. The van der Waals surface area contributed by atoms with Crippen LogP contribution in [-0.4, -0.2) is 27.3 Å². The van der Waals surface area contributed by atoms with Crippen LogP contribution < -0.4 is 0 Å². The zero-order chi connectivity index (χ0) is 10.7. The van der Waals surface area contributed by atoms with Gasteiger partial charge in [0.25, 0.3) is 0 Å². The molecule has 4 unspecified atom stereocenters. The van der Waals surface area contributed by atoms with Crippen LogP contribution in [-0.2, 0) is 4.79 Å². The molecule has 0 aromatic rings. The maximum absolute atomic E-state index is 11.9. The second-order valence-electron chi connectivity index (χ2n) is 4.08. The summed E-state index contributed by atoms with van der Waals surface area (Å²) in [6.07, 6.45) is 0.977. The van der Waals surface area contributed by atoms with Gasteiger partial charge in [0.15, 0.2) is 0 Å². The topological polar surface area (TPSA) is 17.1 Å². The second-order valence-corrected chi connectivity index (χ2v) is 7.07. The highest BCUT2D eigenvalue weighted by molar-refractivity contribution is 8.08. The number of hydrogen-bond donors (Lipinski definition) is 0. The summed E-state index contributed by atoms with van der Waals surface area (Å²) in [6, 6.07) is 0. The predicted octanol–water partition coefficient (Wildman–Crippen LogP) is 3.23. The van der Waals surface area contributed by atoms with Gasteiger partial charge in [-0.25, -0.2) is 0 Å². The molecule has 0 aliphatic carbocycles. The molecule has 1 aliphatic rings. The average molecular weight is 232 g/mol. The fraction of sp³-hybridized carbons (Fsp3) is 0.909. The Hall–Kier alpha value is 0.370. The van der Waals surface area contributed by atoms with Gasteiger partial charge >= 0.3 is 0 Å². The first-order valence-corrected chi connectivity index (χ1v) is 7.36. The molecule has 0 aromatic carbocycles. The van der Waals surface area contributed by atoms with Crippen molar-refractivity contribution in [3.8, 4) is 0 Å². The van der Waals surface area contributed by atoms with Gasteiger partial charge < -0.3 is 0 Å². The van der Waals surface area contributed by atoms with E-state index in [1.807, 2.05) is 23.5 Å². The van der Waals surface area contributed by atoms with Gasteiger partial charge in [-0.2, -0.15) is 11.8 Å². The maximum Gasteiger partial charge on any atom is 0.149 e. The van der Waals surface area contributed by atoms with E-state index in [1.54, 1.807) is 0 Å². The summed E-state index contributed by atoms with van der Waals surface area (Å²) in [4.78, 5) is 11.9. The lowest BCUT2D eigenvalue weighted by Crippen LogP contribution is -2.34. The van der Waals surface area contributed by atoms with Gasteiger partial charge in [-0.15, -0.1) is 11.8 Å². The lowest BCUT2D eigenvalue weighted by Gasteiger charge is -2.31. The number of carbonyl (C=O) groups excluding carboxylic acids is 1. The van der Waals surface area contributed by atoms with Crippen LogP contribution in [0.25, 0.3) is 0 Å². The fourth-order valence-electron chi connectivity index (χ4n) is 1.45. The van der Waals surface area contributed by atoms with Crippen molar-refractivity contribution in [3.05, 3.63) is 0 Å². The third kappa shape index (κ3) is 2.93. The molecule has 4 atom stereocenters. The van der Waals surface area contributed by atoms with E-state index in [4.69, 9.17) is 0 Å². The van der Waals surface area contributed by atoms with Crippen molar-refractivity contribution in [1.82, 2.24) is 0 Å². The predicted molar refractivity (Wildman–Crippen MR) is 67.2 cm³/mol. The van der Waals surface area contributed by atoms with Crippen molar-refractivity contribution in [2.45, 2.75) is 49.9 Å². The normalized spacial score (nSPS) is 35.3. The van der Waals surface area contributed by atoms with Crippen LogP contribution in [0.5, 0.6) is 0 Å². The summed E-state index contributed by atoms with van der Waals surface area (Å²) in [6.45, 7) is 8.64. The first-order valence-electron chi connectivity index (χ1n) is 5.37. The minimum absolute atomic E-state index is 0.244. The van der Waals surface area contributed by atoms with E-state index in [0.29, 0.717) is 16.3 Å². The third-order valence-electron chi connectivity index (χ3n) is 2.97. The second kappa shape index (κ2) is 5.45. The lowest BCUT2D eigenvalue weighted by molar-refractivity contribution is -0.121. The first-order chi connectivity index (χ1) is 6.56. The summed E-state index contributed by atoms with van der Waals surface area (Å²) >= 11 is 3.82. The van der Waals surface area contributed by atoms with Crippen molar-refractivity contribution in [1.29, 1.82) is 0 Å². The molecular formula is C11H20OS2. The van der Waals surface area contributed by atoms with E-state index in [0.717, 1.165) is 12.2 Å². The maximum atomic E-state index is 11.9. The number of thioether (sulfide) groups is 2. The number of ketones is 1. The van der Waals surface area contributed by atoms with E-state index >= 15 is 0 Å². The molecule has 0 bridgehead atoms. The monoisotopic (exact) mass is 232 g/mol. The van der Waals surface area contributed by atoms with Gasteiger partial charge in [0, 0.05) is 22.2 Å². The Kier molecular flexibility index (Phi) is 4.84. The summed E-state index contributed by atoms with van der Waals surface area (Å²) in [5, 5.41) is 1.56. The quantitative estimate of drug-likeness (QED) is 0.743. The Morgan fingerprint density at radius 1 is 1.43 bits per heavy atom. The molecule has 3 heteroatoms. The van der Waals surface area contributed by atoms with Crippen LogP contribution in [0.15, 0.2) is 0 Å². The molecule has 1 heterocycles. The van der Waals surface area contributed by atoms with Crippen LogP contribution in [0.2, 0.25) is 0 Å². The first kappa shape index (κ1) is 12.4. The summed E-state index contributed by atoms with van der Waals surface area (Å²) in [7, 11) is 0. The molecule has 0 N–H and O–H groups in total. The van der Waals surface area contributed by atoms with Gasteiger partial charge in [-0.3, -0.25) is 4.79 Å². The fourth-order valence-corrected chi connectivity index (χ4v) is 4.45. The molecule has 1 nitrogen and oxygen atoms in total. The molecule has 1 aliphatic heterocycles. The minimum atomic E-state index is 0.244. The van der Waals surface area contributed by atoms with Crippen LogP contribution >= 0.6 is 23.5 Å². The third-order valence-corrected chi connectivity index (χ3v) is 6.37.